The van der Waals surface area contributed by atoms with Gasteiger partial charge in [-0.25, -0.2) is 0 Å². The fourth-order valence-electron chi connectivity index (χ4n) is 2.72. The Morgan fingerprint density at radius 3 is 2.48 bits per heavy atom. The van der Waals surface area contributed by atoms with E-state index in [4.69, 9.17) is 0 Å². The summed E-state index contributed by atoms with van der Waals surface area (Å²) in [5, 5.41) is -0.373. The molecular weight excluding hydrogens is 312 g/mol. The number of rotatable bonds is 3. The molecule has 0 aliphatic carbocycles. The smallest absolute Gasteiger partial charge is 0.294 e. The summed E-state index contributed by atoms with van der Waals surface area (Å²) >= 11 is 0.893. The third-order valence-electron chi connectivity index (χ3n) is 3.97. The van der Waals surface area contributed by atoms with E-state index in [0.29, 0.717) is 4.91 Å². The van der Waals surface area contributed by atoms with Crippen molar-refractivity contribution in [3.05, 3.63) is 40.8 Å². The molecule has 0 radical (unpaired) electrons. The SMILES string of the molecule is O=C(CN1C(=O)S/C(=C\c2ccccc2)C1=O)N1CCCCC1. The minimum absolute atomic E-state index is 0.145. The summed E-state index contributed by atoms with van der Waals surface area (Å²) in [5.41, 5.74) is 0.861. The van der Waals surface area contributed by atoms with Gasteiger partial charge in [-0.2, -0.15) is 0 Å². The number of benzene rings is 1. The van der Waals surface area contributed by atoms with Gasteiger partial charge in [0.15, 0.2) is 0 Å². The van der Waals surface area contributed by atoms with Gasteiger partial charge < -0.3 is 4.90 Å². The van der Waals surface area contributed by atoms with Crippen LogP contribution in [0.4, 0.5) is 4.79 Å². The van der Waals surface area contributed by atoms with Crippen LogP contribution in [0.25, 0.3) is 6.08 Å². The van der Waals surface area contributed by atoms with Crippen LogP contribution < -0.4 is 0 Å². The van der Waals surface area contributed by atoms with Gasteiger partial charge in [0.25, 0.3) is 11.1 Å². The third-order valence-corrected chi connectivity index (χ3v) is 4.88. The number of imide groups is 1. The van der Waals surface area contributed by atoms with Gasteiger partial charge in [-0.1, -0.05) is 30.3 Å². The summed E-state index contributed by atoms with van der Waals surface area (Å²) in [6, 6.07) is 9.37. The maximum absolute atomic E-state index is 12.4. The predicted octanol–water partition coefficient (Wildman–Crippen LogP) is 2.74. The molecule has 1 aromatic rings. The maximum atomic E-state index is 12.4. The molecule has 0 spiro atoms. The highest BCUT2D eigenvalue weighted by Crippen LogP contribution is 2.32. The predicted molar refractivity (Wildman–Crippen MR) is 89.6 cm³/mol. The second kappa shape index (κ2) is 7.00. The van der Waals surface area contributed by atoms with Gasteiger partial charge in [-0.05, 0) is 42.7 Å². The monoisotopic (exact) mass is 330 g/mol. The zero-order valence-electron chi connectivity index (χ0n) is 12.7. The summed E-state index contributed by atoms with van der Waals surface area (Å²) in [6.07, 6.45) is 4.80. The van der Waals surface area contributed by atoms with E-state index in [0.717, 1.165) is 54.6 Å². The maximum Gasteiger partial charge on any atom is 0.294 e. The molecule has 3 rings (SSSR count). The van der Waals surface area contributed by atoms with Crippen molar-refractivity contribution < 1.29 is 14.4 Å². The standard InChI is InChI=1S/C17H18N2O3S/c20-15(18-9-5-2-6-10-18)12-19-16(21)14(23-17(19)22)11-13-7-3-1-4-8-13/h1,3-4,7-8,11H,2,5-6,9-10,12H2/b14-11-. The summed E-state index contributed by atoms with van der Waals surface area (Å²) in [4.78, 5) is 39.9. The van der Waals surface area contributed by atoms with Crippen LogP contribution in [0.1, 0.15) is 24.8 Å². The zero-order chi connectivity index (χ0) is 16.2. The number of hydrogen-bond donors (Lipinski definition) is 0. The quantitative estimate of drug-likeness (QED) is 0.800. The minimum atomic E-state index is -0.380. The third kappa shape index (κ3) is 3.64. The first-order valence-corrected chi connectivity index (χ1v) is 8.55. The van der Waals surface area contributed by atoms with E-state index in [1.165, 1.54) is 0 Å². The average molecular weight is 330 g/mol. The Morgan fingerprint density at radius 2 is 1.78 bits per heavy atom. The van der Waals surface area contributed by atoms with Crippen molar-refractivity contribution in [1.82, 2.24) is 9.80 Å². The van der Waals surface area contributed by atoms with Crippen molar-refractivity contribution in [1.29, 1.82) is 0 Å². The van der Waals surface area contributed by atoms with Gasteiger partial charge in [-0.15, -0.1) is 0 Å². The molecule has 0 bridgehead atoms. The van der Waals surface area contributed by atoms with Gasteiger partial charge in [0.05, 0.1) is 4.91 Å². The van der Waals surface area contributed by atoms with Crippen LogP contribution in [-0.4, -0.2) is 46.5 Å². The first-order chi connectivity index (χ1) is 11.1. The van der Waals surface area contributed by atoms with Crippen LogP contribution >= 0.6 is 11.8 Å². The van der Waals surface area contributed by atoms with Crippen LogP contribution in [0.15, 0.2) is 35.2 Å². The second-order valence-corrected chi connectivity index (χ2v) is 6.61. The highest BCUT2D eigenvalue weighted by molar-refractivity contribution is 8.18. The molecule has 0 aromatic heterocycles. The summed E-state index contributed by atoms with van der Waals surface area (Å²) in [7, 11) is 0. The molecule has 0 atom stereocenters. The van der Waals surface area contributed by atoms with Gasteiger partial charge >= 0.3 is 0 Å². The van der Waals surface area contributed by atoms with E-state index in [-0.39, 0.29) is 23.6 Å². The van der Waals surface area contributed by atoms with E-state index in [1.807, 2.05) is 30.3 Å². The van der Waals surface area contributed by atoms with E-state index in [1.54, 1.807) is 11.0 Å². The molecule has 5 nitrogen and oxygen atoms in total. The van der Waals surface area contributed by atoms with Gasteiger partial charge in [0.1, 0.15) is 6.54 Å². The summed E-state index contributed by atoms with van der Waals surface area (Å²) in [6.45, 7) is 1.28. The van der Waals surface area contributed by atoms with Crippen molar-refractivity contribution in [2.75, 3.05) is 19.6 Å². The van der Waals surface area contributed by atoms with Crippen LogP contribution in [0.3, 0.4) is 0 Å². The fraction of sp³-hybridized carbons (Fsp3) is 0.353. The molecule has 3 amide bonds. The average Bonchev–Trinajstić information content (AvgIpc) is 2.84. The lowest BCUT2D eigenvalue weighted by Gasteiger charge is -2.27. The molecule has 0 saturated carbocycles. The van der Waals surface area contributed by atoms with Gasteiger partial charge in [0, 0.05) is 13.1 Å². The van der Waals surface area contributed by atoms with Crippen LogP contribution in [0.2, 0.25) is 0 Å². The Balaban J connectivity index is 1.69. The number of carbonyl (C=O) groups is 3. The van der Waals surface area contributed by atoms with Crippen molar-refractivity contribution >= 4 is 34.9 Å². The van der Waals surface area contributed by atoms with Crippen molar-refractivity contribution in [2.45, 2.75) is 19.3 Å². The molecule has 2 fully saturated rings. The zero-order valence-corrected chi connectivity index (χ0v) is 13.6. The highest BCUT2D eigenvalue weighted by atomic mass is 32.2. The molecular formula is C17H18N2O3S. The van der Waals surface area contributed by atoms with E-state index in [2.05, 4.69) is 0 Å². The normalized spacial score (nSPS) is 20.4. The van der Waals surface area contributed by atoms with Crippen LogP contribution in [0, 0.1) is 0 Å². The van der Waals surface area contributed by atoms with E-state index in [9.17, 15) is 14.4 Å². The van der Waals surface area contributed by atoms with Gasteiger partial charge in [0.2, 0.25) is 5.91 Å². The molecule has 1 aromatic carbocycles. The van der Waals surface area contributed by atoms with Crippen LogP contribution in [0.5, 0.6) is 0 Å². The number of nitrogens with zero attached hydrogens (tertiary/aromatic N) is 2. The Bertz CT molecular complexity index is 651. The number of piperidine rings is 1. The summed E-state index contributed by atoms with van der Waals surface area (Å²) < 4.78 is 0. The summed E-state index contributed by atoms with van der Waals surface area (Å²) in [5.74, 6) is -0.526. The molecule has 120 valence electrons. The second-order valence-electron chi connectivity index (χ2n) is 5.62. The van der Waals surface area contributed by atoms with E-state index < -0.39 is 0 Å². The molecule has 6 heteroatoms. The number of amides is 3. The van der Waals surface area contributed by atoms with E-state index >= 15 is 0 Å². The molecule has 0 unspecified atom stereocenters. The lowest BCUT2D eigenvalue weighted by molar-refractivity contribution is -0.136. The lowest BCUT2D eigenvalue weighted by atomic mass is 10.1. The highest BCUT2D eigenvalue weighted by Gasteiger charge is 2.37. The Hall–Kier alpha value is -2.08. The molecule has 2 saturated heterocycles. The largest absolute Gasteiger partial charge is 0.341 e. The number of hydrogen-bond acceptors (Lipinski definition) is 4. The molecule has 2 aliphatic heterocycles. The van der Waals surface area contributed by atoms with Crippen molar-refractivity contribution in [3.63, 3.8) is 0 Å². The number of carbonyl (C=O) groups excluding carboxylic acids is 3. The molecule has 2 aliphatic rings. The minimum Gasteiger partial charge on any atom is -0.341 e. The fourth-order valence-corrected chi connectivity index (χ4v) is 3.55. The topological polar surface area (TPSA) is 57.7 Å². The van der Waals surface area contributed by atoms with Crippen LogP contribution in [-0.2, 0) is 9.59 Å². The first kappa shape index (κ1) is 15.8. The van der Waals surface area contributed by atoms with Crippen molar-refractivity contribution in [3.8, 4) is 0 Å². The lowest BCUT2D eigenvalue weighted by Crippen LogP contribution is -2.44. The van der Waals surface area contributed by atoms with Gasteiger partial charge in [-0.3, -0.25) is 19.3 Å². The number of likely N-dealkylation sites (tertiary alicyclic amines) is 1. The Labute approximate surface area is 139 Å². The first-order valence-electron chi connectivity index (χ1n) is 7.73. The Kier molecular flexibility index (Phi) is 4.81. The number of thioether (sulfide) groups is 1. The molecule has 0 N–H and O–H groups in total. The molecule has 2 heterocycles. The Morgan fingerprint density at radius 1 is 1.09 bits per heavy atom. The van der Waals surface area contributed by atoms with Crippen molar-refractivity contribution in [2.24, 2.45) is 0 Å². The molecule has 23 heavy (non-hydrogen) atoms.